The predicted octanol–water partition coefficient (Wildman–Crippen LogP) is 2.11. The van der Waals surface area contributed by atoms with E-state index < -0.39 is 5.97 Å². The molecule has 0 fully saturated rings. The number of carboxylic acids is 1. The van der Waals surface area contributed by atoms with Gasteiger partial charge in [0.1, 0.15) is 11.3 Å². The van der Waals surface area contributed by atoms with Crippen molar-refractivity contribution < 1.29 is 24.2 Å². The number of hydrogen-bond acceptors (Lipinski definition) is 4. The van der Waals surface area contributed by atoms with Gasteiger partial charge in [0.05, 0.1) is 13.2 Å². The molecule has 0 unspecified atom stereocenters. The summed E-state index contributed by atoms with van der Waals surface area (Å²) in [6, 6.07) is 4.81. The molecule has 5 heteroatoms. The normalized spacial score (nSPS) is 13.6. The number of hydrogen-bond donors (Lipinski definition) is 1. The van der Waals surface area contributed by atoms with Crippen LogP contribution >= 0.6 is 0 Å². The van der Waals surface area contributed by atoms with Crippen molar-refractivity contribution in [3.05, 3.63) is 34.9 Å². The molecule has 1 N–H and O–H groups in total. The number of carboxylic acid groups (broad SMARTS) is 1. The van der Waals surface area contributed by atoms with Crippen LogP contribution in [0.5, 0.6) is 5.75 Å². The van der Waals surface area contributed by atoms with E-state index >= 15 is 0 Å². The summed E-state index contributed by atoms with van der Waals surface area (Å²) in [4.78, 5) is 22.8. The van der Waals surface area contributed by atoms with Gasteiger partial charge in [0, 0.05) is 17.6 Å². The number of carbonyl (C=O) groups is 2. The zero-order valence-corrected chi connectivity index (χ0v) is 10.5. The number of fused-ring (bicyclic) bond motifs is 1. The lowest BCUT2D eigenvalue weighted by Crippen LogP contribution is -2.09. The zero-order chi connectivity index (χ0) is 13.8. The Labute approximate surface area is 110 Å². The minimum atomic E-state index is -1.05. The summed E-state index contributed by atoms with van der Waals surface area (Å²) in [5.74, 6) is -1.14. The van der Waals surface area contributed by atoms with Gasteiger partial charge in [0.2, 0.25) is 0 Å². The molecule has 2 rings (SSSR count). The van der Waals surface area contributed by atoms with Crippen molar-refractivity contribution in [2.24, 2.45) is 0 Å². The summed E-state index contributed by atoms with van der Waals surface area (Å²) in [7, 11) is 0. The highest BCUT2D eigenvalue weighted by atomic mass is 16.5. The van der Waals surface area contributed by atoms with Gasteiger partial charge < -0.3 is 14.6 Å². The van der Waals surface area contributed by atoms with Crippen molar-refractivity contribution in [3.8, 4) is 5.75 Å². The summed E-state index contributed by atoms with van der Waals surface area (Å²) in [5.41, 5.74) is 1.17. The van der Waals surface area contributed by atoms with Gasteiger partial charge in [-0.1, -0.05) is 12.1 Å². The standard InChI is InChI=1S/C14H14O5/c1-2-18-14(17)10-6-7-19-12-9(8-10)4-3-5-11(12)13(15)16/h3-5,8H,2,6-7H2,1H3,(H,15,16). The molecule has 1 aromatic carbocycles. The van der Waals surface area contributed by atoms with Crippen molar-refractivity contribution in [2.45, 2.75) is 13.3 Å². The first kappa shape index (κ1) is 13.1. The van der Waals surface area contributed by atoms with Gasteiger partial charge in [-0.2, -0.15) is 0 Å². The number of aromatic carboxylic acids is 1. The van der Waals surface area contributed by atoms with Crippen molar-refractivity contribution in [1.82, 2.24) is 0 Å². The molecule has 0 radical (unpaired) electrons. The Morgan fingerprint density at radius 3 is 2.89 bits per heavy atom. The molecule has 19 heavy (non-hydrogen) atoms. The summed E-state index contributed by atoms with van der Waals surface area (Å²) >= 11 is 0. The fraction of sp³-hybridized carbons (Fsp3) is 0.286. The Bertz CT molecular complexity index is 545. The monoisotopic (exact) mass is 262 g/mol. The van der Waals surface area contributed by atoms with Gasteiger partial charge in [-0.15, -0.1) is 0 Å². The topological polar surface area (TPSA) is 72.8 Å². The van der Waals surface area contributed by atoms with Gasteiger partial charge in [-0.25, -0.2) is 9.59 Å². The number of rotatable bonds is 3. The minimum absolute atomic E-state index is 0.0962. The van der Waals surface area contributed by atoms with Gasteiger partial charge in [0.25, 0.3) is 0 Å². The van der Waals surface area contributed by atoms with E-state index in [9.17, 15) is 9.59 Å². The maximum absolute atomic E-state index is 11.7. The second-order valence-corrected chi connectivity index (χ2v) is 4.02. The highest BCUT2D eigenvalue weighted by molar-refractivity contribution is 5.97. The molecule has 0 saturated heterocycles. The van der Waals surface area contributed by atoms with Crippen LogP contribution in [0.1, 0.15) is 29.3 Å². The Hall–Kier alpha value is -2.30. The first-order chi connectivity index (χ1) is 9.13. The lowest BCUT2D eigenvalue weighted by molar-refractivity contribution is -0.138. The van der Waals surface area contributed by atoms with E-state index in [2.05, 4.69) is 0 Å². The molecule has 0 aromatic heterocycles. The van der Waals surface area contributed by atoms with Crippen molar-refractivity contribution in [1.29, 1.82) is 0 Å². The quantitative estimate of drug-likeness (QED) is 0.844. The third-order valence-electron chi connectivity index (χ3n) is 2.76. The Morgan fingerprint density at radius 1 is 1.42 bits per heavy atom. The third-order valence-corrected chi connectivity index (χ3v) is 2.76. The van der Waals surface area contributed by atoms with E-state index in [1.54, 1.807) is 25.1 Å². The van der Waals surface area contributed by atoms with Crippen LogP contribution in [0, 0.1) is 0 Å². The highest BCUT2D eigenvalue weighted by Gasteiger charge is 2.20. The average molecular weight is 262 g/mol. The molecule has 0 atom stereocenters. The number of esters is 1. The maximum atomic E-state index is 11.7. The largest absolute Gasteiger partial charge is 0.492 e. The molecular weight excluding hydrogens is 248 g/mol. The smallest absolute Gasteiger partial charge is 0.339 e. The summed E-state index contributed by atoms with van der Waals surface area (Å²) < 4.78 is 10.4. The summed E-state index contributed by atoms with van der Waals surface area (Å²) in [6.45, 7) is 2.29. The first-order valence-corrected chi connectivity index (χ1v) is 6.00. The summed E-state index contributed by atoms with van der Waals surface area (Å²) in [6.07, 6.45) is 2.03. The lowest BCUT2D eigenvalue weighted by Gasteiger charge is -2.08. The maximum Gasteiger partial charge on any atom is 0.339 e. The van der Waals surface area contributed by atoms with E-state index in [4.69, 9.17) is 14.6 Å². The van der Waals surface area contributed by atoms with E-state index in [0.717, 1.165) is 0 Å². The molecule has 1 heterocycles. The molecule has 0 amide bonds. The van der Waals surface area contributed by atoms with Crippen molar-refractivity contribution >= 4 is 18.0 Å². The van der Waals surface area contributed by atoms with Crippen LogP contribution in [0.3, 0.4) is 0 Å². The van der Waals surface area contributed by atoms with E-state index in [1.807, 2.05) is 0 Å². The second-order valence-electron chi connectivity index (χ2n) is 4.02. The molecule has 0 spiro atoms. The molecule has 5 nitrogen and oxygen atoms in total. The van der Waals surface area contributed by atoms with Crippen LogP contribution < -0.4 is 4.74 Å². The Balaban J connectivity index is 2.42. The first-order valence-electron chi connectivity index (χ1n) is 6.00. The van der Waals surface area contributed by atoms with E-state index in [0.29, 0.717) is 29.9 Å². The molecule has 100 valence electrons. The van der Waals surface area contributed by atoms with Crippen LogP contribution in [0.25, 0.3) is 6.08 Å². The Morgan fingerprint density at radius 2 is 2.21 bits per heavy atom. The summed E-state index contributed by atoms with van der Waals surface area (Å²) in [5, 5.41) is 9.10. The molecule has 1 aliphatic heterocycles. The second kappa shape index (κ2) is 5.56. The molecule has 0 aliphatic carbocycles. The molecule has 1 aliphatic rings. The zero-order valence-electron chi connectivity index (χ0n) is 10.5. The van der Waals surface area contributed by atoms with Gasteiger partial charge in [-0.3, -0.25) is 0 Å². The predicted molar refractivity (Wildman–Crippen MR) is 68.1 cm³/mol. The van der Waals surface area contributed by atoms with Crippen LogP contribution in [0.15, 0.2) is 23.8 Å². The van der Waals surface area contributed by atoms with Gasteiger partial charge in [-0.05, 0) is 19.1 Å². The fourth-order valence-corrected chi connectivity index (χ4v) is 1.91. The van der Waals surface area contributed by atoms with Gasteiger partial charge >= 0.3 is 11.9 Å². The van der Waals surface area contributed by atoms with Crippen LogP contribution in [0.4, 0.5) is 0 Å². The van der Waals surface area contributed by atoms with Crippen molar-refractivity contribution in [2.75, 3.05) is 13.2 Å². The van der Waals surface area contributed by atoms with Crippen molar-refractivity contribution in [3.63, 3.8) is 0 Å². The van der Waals surface area contributed by atoms with Crippen LogP contribution in [-0.4, -0.2) is 30.3 Å². The SMILES string of the molecule is CCOC(=O)C1=Cc2cccc(C(=O)O)c2OCC1. The highest BCUT2D eigenvalue weighted by Crippen LogP contribution is 2.30. The lowest BCUT2D eigenvalue weighted by atomic mass is 10.1. The molecule has 1 aromatic rings. The van der Waals surface area contributed by atoms with E-state index in [-0.39, 0.29) is 18.1 Å². The number of ether oxygens (including phenoxy) is 2. The molecule has 0 bridgehead atoms. The fourth-order valence-electron chi connectivity index (χ4n) is 1.91. The van der Waals surface area contributed by atoms with Gasteiger partial charge in [0.15, 0.2) is 0 Å². The number of carbonyl (C=O) groups excluding carboxylic acids is 1. The minimum Gasteiger partial charge on any atom is -0.492 e. The van der Waals surface area contributed by atoms with E-state index in [1.165, 1.54) is 6.07 Å². The third kappa shape index (κ3) is 2.76. The van der Waals surface area contributed by atoms with Crippen LogP contribution in [0.2, 0.25) is 0 Å². The number of para-hydroxylation sites is 1. The Kier molecular flexibility index (Phi) is 3.85. The average Bonchev–Trinajstić information content (AvgIpc) is 2.60. The number of benzene rings is 1. The molecular formula is C14H14O5. The molecule has 0 saturated carbocycles. The van der Waals surface area contributed by atoms with Crippen LogP contribution in [-0.2, 0) is 9.53 Å².